The minimum Gasteiger partial charge on any atom is -0.499 e. The number of carbonyl (C=O) groups excluding carboxylic acids is 1. The molecule has 0 aromatic rings. The molecule has 0 fully saturated rings. The summed E-state index contributed by atoms with van der Waals surface area (Å²) in [7, 11) is -1.95. The van der Waals surface area contributed by atoms with Crippen LogP contribution in [0, 0.1) is 11.3 Å². The van der Waals surface area contributed by atoms with Crippen molar-refractivity contribution in [1.82, 2.24) is 0 Å². The van der Waals surface area contributed by atoms with E-state index in [-0.39, 0.29) is 10.8 Å². The maximum absolute atomic E-state index is 11.7. The van der Waals surface area contributed by atoms with Crippen molar-refractivity contribution in [2.45, 2.75) is 20.8 Å². The molecule has 0 saturated heterocycles. The van der Waals surface area contributed by atoms with Crippen molar-refractivity contribution >= 4 is 16.1 Å². The highest BCUT2D eigenvalue weighted by Gasteiger charge is 2.40. The first-order valence-electron chi connectivity index (χ1n) is 5.31. The van der Waals surface area contributed by atoms with E-state index in [1.54, 1.807) is 0 Å². The number of carbonyl (C=O) groups is 1. The quantitative estimate of drug-likeness (QED) is 0.723. The van der Waals surface area contributed by atoms with Crippen LogP contribution in [-0.2, 0) is 19.4 Å². The minimum absolute atomic E-state index is 0.0829. The molecule has 1 atom stereocenters. The molecule has 1 unspecified atom stereocenters. The Kier molecular flexibility index (Phi) is 3.52. The fraction of sp³-hybridized carbons (Fsp3) is 0.583. The monoisotopic (exact) mass is 258 g/mol. The van der Waals surface area contributed by atoms with E-state index in [9.17, 15) is 13.2 Å². The third-order valence-corrected chi connectivity index (χ3v) is 4.53. The van der Waals surface area contributed by atoms with E-state index in [1.807, 2.05) is 20.8 Å². The van der Waals surface area contributed by atoms with Crippen molar-refractivity contribution in [1.29, 1.82) is 0 Å². The molecule has 0 aliphatic heterocycles. The molecule has 5 heteroatoms. The van der Waals surface area contributed by atoms with Crippen molar-refractivity contribution in [2.75, 3.05) is 13.4 Å². The second kappa shape index (κ2) is 4.29. The number of methoxy groups -OCH3 is 1. The lowest BCUT2D eigenvalue weighted by Crippen LogP contribution is -2.32. The third-order valence-electron chi connectivity index (χ3n) is 3.43. The molecule has 4 nitrogen and oxygen atoms in total. The lowest BCUT2D eigenvalue weighted by Gasteiger charge is -2.37. The van der Waals surface area contributed by atoms with Gasteiger partial charge in [-0.2, -0.15) is 0 Å². The normalized spacial score (nSPS) is 24.3. The second-order valence-electron chi connectivity index (χ2n) is 4.88. The molecule has 0 aromatic heterocycles. The molecule has 0 spiro atoms. The first-order valence-corrected chi connectivity index (χ1v) is 7.21. The van der Waals surface area contributed by atoms with Gasteiger partial charge in [-0.3, -0.25) is 4.79 Å². The molecule has 0 aromatic carbocycles. The van der Waals surface area contributed by atoms with Gasteiger partial charge in [-0.25, -0.2) is 8.42 Å². The van der Waals surface area contributed by atoms with Crippen LogP contribution in [0.5, 0.6) is 0 Å². The van der Waals surface area contributed by atoms with Crippen LogP contribution in [0.3, 0.4) is 0 Å². The van der Waals surface area contributed by atoms with Crippen LogP contribution in [0.15, 0.2) is 22.3 Å². The van der Waals surface area contributed by atoms with Crippen molar-refractivity contribution in [3.8, 4) is 0 Å². The van der Waals surface area contributed by atoms with E-state index in [2.05, 4.69) is 0 Å². The molecular weight excluding hydrogens is 240 g/mol. The van der Waals surface area contributed by atoms with E-state index in [4.69, 9.17) is 4.74 Å². The first kappa shape index (κ1) is 14.0. The standard InChI is InChI=1S/C12H18O4S/c1-8-9(7-13)6-10(17(5,14)15)11(16-4)12(8,2)3/h6-8H,1-5H3. The fourth-order valence-electron chi connectivity index (χ4n) is 2.05. The molecule has 1 aliphatic rings. The molecule has 0 heterocycles. The summed E-state index contributed by atoms with van der Waals surface area (Å²) in [5.41, 5.74) is -0.0331. The summed E-state index contributed by atoms with van der Waals surface area (Å²) < 4.78 is 28.7. The topological polar surface area (TPSA) is 60.4 Å². The molecule has 96 valence electrons. The highest BCUT2D eigenvalue weighted by molar-refractivity contribution is 7.94. The zero-order valence-corrected chi connectivity index (χ0v) is 11.6. The van der Waals surface area contributed by atoms with Crippen LogP contribution in [-0.4, -0.2) is 28.1 Å². The highest BCUT2D eigenvalue weighted by atomic mass is 32.2. The van der Waals surface area contributed by atoms with Crippen LogP contribution in [0.4, 0.5) is 0 Å². The molecule has 17 heavy (non-hydrogen) atoms. The Morgan fingerprint density at radius 3 is 2.29 bits per heavy atom. The number of hydrogen-bond donors (Lipinski definition) is 0. The van der Waals surface area contributed by atoms with Crippen LogP contribution >= 0.6 is 0 Å². The van der Waals surface area contributed by atoms with Gasteiger partial charge in [0.25, 0.3) is 0 Å². The molecule has 0 saturated carbocycles. The molecule has 0 amide bonds. The minimum atomic E-state index is -3.41. The molecule has 0 radical (unpaired) electrons. The van der Waals surface area contributed by atoms with Crippen LogP contribution < -0.4 is 0 Å². The zero-order valence-electron chi connectivity index (χ0n) is 10.8. The summed E-state index contributed by atoms with van der Waals surface area (Å²) in [6, 6.07) is 0. The third kappa shape index (κ3) is 2.29. The van der Waals surface area contributed by atoms with Crippen molar-refractivity contribution in [3.05, 3.63) is 22.3 Å². The Morgan fingerprint density at radius 1 is 1.41 bits per heavy atom. The maximum Gasteiger partial charge on any atom is 0.178 e. The van der Waals surface area contributed by atoms with Gasteiger partial charge in [0, 0.05) is 11.7 Å². The van der Waals surface area contributed by atoms with Gasteiger partial charge >= 0.3 is 0 Å². The van der Waals surface area contributed by atoms with Crippen LogP contribution in [0.2, 0.25) is 0 Å². The van der Waals surface area contributed by atoms with Gasteiger partial charge in [0.1, 0.15) is 17.0 Å². The summed E-state index contributed by atoms with van der Waals surface area (Å²) in [6.45, 7) is 5.63. The summed E-state index contributed by atoms with van der Waals surface area (Å²) >= 11 is 0. The highest BCUT2D eigenvalue weighted by Crippen LogP contribution is 2.45. The van der Waals surface area contributed by atoms with E-state index in [0.29, 0.717) is 17.6 Å². The smallest absolute Gasteiger partial charge is 0.178 e. The number of sulfone groups is 1. The van der Waals surface area contributed by atoms with Gasteiger partial charge in [-0.05, 0) is 17.6 Å². The number of aldehydes is 1. The van der Waals surface area contributed by atoms with Crippen LogP contribution in [0.25, 0.3) is 0 Å². The zero-order chi connectivity index (χ0) is 13.4. The summed E-state index contributed by atoms with van der Waals surface area (Å²) in [4.78, 5) is 11.1. The van der Waals surface area contributed by atoms with E-state index in [0.717, 1.165) is 6.26 Å². The molecule has 1 aliphatic carbocycles. The van der Waals surface area contributed by atoms with Gasteiger partial charge in [0.2, 0.25) is 0 Å². The largest absolute Gasteiger partial charge is 0.499 e. The van der Waals surface area contributed by atoms with Gasteiger partial charge in [0.15, 0.2) is 9.84 Å². The van der Waals surface area contributed by atoms with Gasteiger partial charge in [0.05, 0.1) is 7.11 Å². The lowest BCUT2D eigenvalue weighted by molar-refractivity contribution is -0.105. The first-order chi connectivity index (χ1) is 7.66. The summed E-state index contributed by atoms with van der Waals surface area (Å²) in [5, 5.41) is 0. The van der Waals surface area contributed by atoms with E-state index in [1.165, 1.54) is 13.2 Å². The van der Waals surface area contributed by atoms with Crippen molar-refractivity contribution in [2.24, 2.45) is 11.3 Å². The Morgan fingerprint density at radius 2 is 1.94 bits per heavy atom. The molecule has 0 N–H and O–H groups in total. The Hall–Kier alpha value is -1.10. The Labute approximate surface area is 102 Å². The van der Waals surface area contributed by atoms with Gasteiger partial charge < -0.3 is 4.74 Å². The summed E-state index contributed by atoms with van der Waals surface area (Å²) in [6.07, 6.45) is 3.24. The predicted molar refractivity (Wildman–Crippen MR) is 66.0 cm³/mol. The van der Waals surface area contributed by atoms with E-state index >= 15 is 0 Å². The van der Waals surface area contributed by atoms with Crippen LogP contribution in [0.1, 0.15) is 20.8 Å². The van der Waals surface area contributed by atoms with Crippen molar-refractivity contribution in [3.63, 3.8) is 0 Å². The van der Waals surface area contributed by atoms with Crippen molar-refractivity contribution < 1.29 is 17.9 Å². The number of hydrogen-bond acceptors (Lipinski definition) is 4. The van der Waals surface area contributed by atoms with Gasteiger partial charge in [-0.1, -0.05) is 20.8 Å². The Balaban J connectivity index is 3.61. The number of rotatable bonds is 3. The predicted octanol–water partition coefficient (Wildman–Crippen LogP) is 1.69. The lowest BCUT2D eigenvalue weighted by atomic mass is 9.71. The summed E-state index contributed by atoms with van der Waals surface area (Å²) in [5.74, 6) is 0.332. The molecule has 1 rings (SSSR count). The maximum atomic E-state index is 11.7. The average molecular weight is 258 g/mol. The van der Waals surface area contributed by atoms with E-state index < -0.39 is 15.3 Å². The second-order valence-corrected chi connectivity index (χ2v) is 6.86. The fourth-order valence-corrected chi connectivity index (χ4v) is 3.08. The number of ether oxygens (including phenoxy) is 1. The molecular formula is C12H18O4S. The number of allylic oxidation sites excluding steroid dienone is 3. The Bertz CT molecular complexity index is 495. The molecule has 0 bridgehead atoms. The average Bonchev–Trinajstić information content (AvgIpc) is 2.20. The van der Waals surface area contributed by atoms with Gasteiger partial charge in [-0.15, -0.1) is 0 Å². The SMILES string of the molecule is COC1=C(S(C)(=O)=O)C=C(C=O)C(C)C1(C)C.